The van der Waals surface area contributed by atoms with Crippen LogP contribution in [0, 0.1) is 18.7 Å². The summed E-state index contributed by atoms with van der Waals surface area (Å²) in [4.78, 5) is 18.1. The molecule has 0 bridgehead atoms. The Morgan fingerprint density at radius 1 is 1.27 bits per heavy atom. The van der Waals surface area contributed by atoms with E-state index in [9.17, 15) is 9.18 Å². The molecular weight excluding hydrogens is 403 g/mol. The number of amides is 1. The van der Waals surface area contributed by atoms with E-state index in [4.69, 9.17) is 4.74 Å². The highest BCUT2D eigenvalue weighted by Crippen LogP contribution is 2.24. The highest BCUT2D eigenvalue weighted by molar-refractivity contribution is 7.07. The molecule has 1 aromatic heterocycles. The van der Waals surface area contributed by atoms with Crippen molar-refractivity contribution < 1.29 is 13.9 Å². The summed E-state index contributed by atoms with van der Waals surface area (Å²) in [5, 5.41) is 4.01. The molecule has 0 saturated carbocycles. The summed E-state index contributed by atoms with van der Waals surface area (Å²) in [5.74, 6) is 0.321. The first kappa shape index (κ1) is 21.3. The Labute approximate surface area is 181 Å². The van der Waals surface area contributed by atoms with Gasteiger partial charge >= 0.3 is 0 Å². The summed E-state index contributed by atoms with van der Waals surface area (Å²) in [6.45, 7) is 6.45. The summed E-state index contributed by atoms with van der Waals surface area (Å²) < 4.78 is 23.7. The van der Waals surface area contributed by atoms with Crippen LogP contribution in [0.4, 0.5) is 4.39 Å². The molecular formula is C22H29FN4O2S. The van der Waals surface area contributed by atoms with Gasteiger partial charge in [0.05, 0.1) is 11.8 Å². The number of ether oxygens (including phenoxy) is 1. The zero-order chi connectivity index (χ0) is 20.9. The van der Waals surface area contributed by atoms with Crippen LogP contribution in [0.3, 0.4) is 0 Å². The number of hydrogen-bond donors (Lipinski definition) is 0. The van der Waals surface area contributed by atoms with Crippen LogP contribution in [0.2, 0.25) is 0 Å². The van der Waals surface area contributed by atoms with Gasteiger partial charge in [0.25, 0.3) is 5.91 Å². The number of benzene rings is 1. The van der Waals surface area contributed by atoms with Crippen LogP contribution in [0.15, 0.2) is 24.3 Å². The first-order valence-electron chi connectivity index (χ1n) is 10.8. The van der Waals surface area contributed by atoms with Crippen LogP contribution >= 0.6 is 11.5 Å². The molecule has 1 aromatic carbocycles. The number of nitrogens with zero attached hydrogens (tertiary/aromatic N) is 4. The second-order valence-corrected chi connectivity index (χ2v) is 9.10. The van der Waals surface area contributed by atoms with Crippen molar-refractivity contribution in [2.45, 2.75) is 45.3 Å². The number of carbonyl (C=O) groups is 1. The number of aryl methyl sites for hydroxylation is 1. The molecule has 8 heteroatoms. The van der Waals surface area contributed by atoms with E-state index in [2.05, 4.69) is 14.5 Å². The van der Waals surface area contributed by atoms with Gasteiger partial charge in [0.1, 0.15) is 10.7 Å². The van der Waals surface area contributed by atoms with Gasteiger partial charge in [-0.25, -0.2) is 4.39 Å². The van der Waals surface area contributed by atoms with E-state index in [-0.39, 0.29) is 17.8 Å². The van der Waals surface area contributed by atoms with Gasteiger partial charge in [-0.05, 0) is 69.2 Å². The monoisotopic (exact) mass is 432 g/mol. The van der Waals surface area contributed by atoms with Gasteiger partial charge in [-0.3, -0.25) is 9.69 Å². The average molecular weight is 433 g/mol. The Bertz CT molecular complexity index is 847. The van der Waals surface area contributed by atoms with Gasteiger partial charge in [-0.1, -0.05) is 22.7 Å². The van der Waals surface area contributed by atoms with Gasteiger partial charge in [0, 0.05) is 31.8 Å². The summed E-state index contributed by atoms with van der Waals surface area (Å²) in [7, 11) is 0. The van der Waals surface area contributed by atoms with Crippen molar-refractivity contribution >= 4 is 17.4 Å². The molecule has 2 saturated heterocycles. The fourth-order valence-electron chi connectivity index (χ4n) is 4.35. The van der Waals surface area contributed by atoms with Crippen LogP contribution < -0.4 is 0 Å². The molecule has 2 aliphatic rings. The number of likely N-dealkylation sites (tertiary alicyclic amines) is 1. The smallest absolute Gasteiger partial charge is 0.267 e. The lowest BCUT2D eigenvalue weighted by Crippen LogP contribution is -2.43. The molecule has 2 aliphatic heterocycles. The van der Waals surface area contributed by atoms with Crippen molar-refractivity contribution in [3.8, 4) is 0 Å². The zero-order valence-corrected chi connectivity index (χ0v) is 18.2. The van der Waals surface area contributed by atoms with Gasteiger partial charge in [-0.15, -0.1) is 5.10 Å². The molecule has 0 radical (unpaired) electrons. The van der Waals surface area contributed by atoms with Crippen molar-refractivity contribution in [3.63, 3.8) is 0 Å². The number of carbonyl (C=O) groups excluding carboxylic acids is 1. The molecule has 0 spiro atoms. The molecule has 1 atom stereocenters. The minimum Gasteiger partial charge on any atom is -0.376 e. The summed E-state index contributed by atoms with van der Waals surface area (Å²) in [6, 6.07) is 6.99. The first-order valence-corrected chi connectivity index (χ1v) is 11.5. The van der Waals surface area contributed by atoms with Crippen molar-refractivity contribution in [2.24, 2.45) is 5.92 Å². The largest absolute Gasteiger partial charge is 0.376 e. The average Bonchev–Trinajstić information content (AvgIpc) is 3.42. The maximum Gasteiger partial charge on any atom is 0.267 e. The minimum atomic E-state index is -0.138. The maximum absolute atomic E-state index is 14.0. The van der Waals surface area contributed by atoms with Crippen LogP contribution in [0.5, 0.6) is 0 Å². The zero-order valence-electron chi connectivity index (χ0n) is 17.4. The molecule has 6 nitrogen and oxygen atoms in total. The molecule has 162 valence electrons. The Hall–Kier alpha value is -1.90. The van der Waals surface area contributed by atoms with Crippen molar-refractivity contribution in [2.75, 3.05) is 32.8 Å². The van der Waals surface area contributed by atoms with Crippen molar-refractivity contribution in [1.82, 2.24) is 19.4 Å². The lowest BCUT2D eigenvalue weighted by atomic mass is 9.95. The molecule has 3 heterocycles. The normalized spacial score (nSPS) is 20.5. The second-order valence-electron chi connectivity index (χ2n) is 8.34. The predicted octanol–water partition coefficient (Wildman–Crippen LogP) is 3.52. The van der Waals surface area contributed by atoms with Gasteiger partial charge < -0.3 is 9.64 Å². The maximum atomic E-state index is 14.0. The lowest BCUT2D eigenvalue weighted by Gasteiger charge is -2.35. The van der Waals surface area contributed by atoms with Gasteiger partial charge in [0.15, 0.2) is 0 Å². The van der Waals surface area contributed by atoms with E-state index in [1.165, 1.54) is 17.6 Å². The fraction of sp³-hybridized carbons (Fsp3) is 0.591. The van der Waals surface area contributed by atoms with Gasteiger partial charge in [-0.2, -0.15) is 0 Å². The second kappa shape index (κ2) is 9.94. The number of hydrogen-bond acceptors (Lipinski definition) is 6. The van der Waals surface area contributed by atoms with E-state index >= 15 is 0 Å². The van der Waals surface area contributed by atoms with Crippen molar-refractivity contribution in [1.29, 1.82) is 0 Å². The number of rotatable bonds is 7. The van der Waals surface area contributed by atoms with Gasteiger partial charge in [0.2, 0.25) is 0 Å². The standard InChI is InChI=1S/C22H29FN4O2S/c1-16-21(30-25-24-16)22(28)27(15-19-6-4-12-29-19)13-17-8-10-26(11-9-17)14-18-5-2-3-7-20(18)23/h2-3,5,7,17,19H,4,6,8-15H2,1H3. The molecule has 0 N–H and O–H groups in total. The minimum absolute atomic E-state index is 0.0202. The van der Waals surface area contributed by atoms with E-state index < -0.39 is 0 Å². The third kappa shape index (κ3) is 5.22. The fourth-order valence-corrected chi connectivity index (χ4v) is 4.98. The highest BCUT2D eigenvalue weighted by atomic mass is 32.1. The van der Waals surface area contributed by atoms with E-state index in [0.29, 0.717) is 29.6 Å². The first-order chi connectivity index (χ1) is 14.6. The molecule has 0 aliphatic carbocycles. The molecule has 30 heavy (non-hydrogen) atoms. The van der Waals surface area contributed by atoms with Crippen LogP contribution in [-0.4, -0.2) is 64.2 Å². The van der Waals surface area contributed by atoms with Crippen molar-refractivity contribution in [3.05, 3.63) is 46.2 Å². The van der Waals surface area contributed by atoms with Crippen LogP contribution in [0.25, 0.3) is 0 Å². The number of halogens is 1. The predicted molar refractivity (Wildman–Crippen MR) is 114 cm³/mol. The lowest BCUT2D eigenvalue weighted by molar-refractivity contribution is 0.0447. The number of aromatic nitrogens is 2. The molecule has 1 amide bonds. The van der Waals surface area contributed by atoms with Crippen LogP contribution in [-0.2, 0) is 11.3 Å². The molecule has 2 fully saturated rings. The van der Waals surface area contributed by atoms with Crippen LogP contribution in [0.1, 0.15) is 46.6 Å². The Balaban J connectivity index is 1.35. The third-order valence-corrected chi connectivity index (χ3v) is 6.93. The summed E-state index contributed by atoms with van der Waals surface area (Å²) in [5.41, 5.74) is 1.45. The SMILES string of the molecule is Cc1nnsc1C(=O)N(CC1CCN(Cc2ccccc2F)CC1)CC1CCCO1. The summed E-state index contributed by atoms with van der Waals surface area (Å²) >= 11 is 1.17. The summed E-state index contributed by atoms with van der Waals surface area (Å²) in [6.07, 6.45) is 4.19. The Kier molecular flexibility index (Phi) is 7.07. The molecule has 4 rings (SSSR count). The highest BCUT2D eigenvalue weighted by Gasteiger charge is 2.29. The Morgan fingerprint density at radius 3 is 2.73 bits per heavy atom. The number of piperidine rings is 1. The molecule has 2 aromatic rings. The Morgan fingerprint density at radius 2 is 2.07 bits per heavy atom. The third-order valence-electron chi connectivity index (χ3n) is 6.12. The van der Waals surface area contributed by atoms with E-state index in [0.717, 1.165) is 57.5 Å². The molecule has 1 unspecified atom stereocenters. The topological polar surface area (TPSA) is 58.6 Å². The quantitative estimate of drug-likeness (QED) is 0.670. The van der Waals surface area contributed by atoms with E-state index in [1.54, 1.807) is 6.07 Å². The van der Waals surface area contributed by atoms with E-state index in [1.807, 2.05) is 24.0 Å².